The summed E-state index contributed by atoms with van der Waals surface area (Å²) in [5, 5.41) is 3.11. The molecule has 1 aliphatic rings. The zero-order valence-corrected chi connectivity index (χ0v) is 15.2. The van der Waals surface area contributed by atoms with Crippen molar-refractivity contribution in [3.63, 3.8) is 0 Å². The highest BCUT2D eigenvalue weighted by molar-refractivity contribution is 5.83. The minimum atomic E-state index is -0.112. The minimum Gasteiger partial charge on any atom is -0.351 e. The first-order chi connectivity index (χ1) is 12.2. The van der Waals surface area contributed by atoms with Crippen LogP contribution in [0.25, 0.3) is 0 Å². The van der Waals surface area contributed by atoms with E-state index in [2.05, 4.69) is 59.5 Å². The van der Waals surface area contributed by atoms with Gasteiger partial charge in [-0.15, -0.1) is 0 Å². The quantitative estimate of drug-likeness (QED) is 0.880. The second-order valence-corrected chi connectivity index (χ2v) is 6.86. The molecule has 1 amide bonds. The maximum absolute atomic E-state index is 12.7. The van der Waals surface area contributed by atoms with Crippen LogP contribution in [0.2, 0.25) is 0 Å². The molecule has 4 nitrogen and oxygen atoms in total. The SMILES string of the molecule is CCN(C)Cc1cccc(CNC(=O)C2CCCc3cccnc32)c1. The summed E-state index contributed by atoms with van der Waals surface area (Å²) < 4.78 is 0. The van der Waals surface area contributed by atoms with Gasteiger partial charge in [0.15, 0.2) is 0 Å². The van der Waals surface area contributed by atoms with E-state index < -0.39 is 0 Å². The van der Waals surface area contributed by atoms with E-state index in [4.69, 9.17) is 0 Å². The molecule has 0 aliphatic heterocycles. The van der Waals surface area contributed by atoms with E-state index >= 15 is 0 Å². The highest BCUT2D eigenvalue weighted by Gasteiger charge is 2.27. The molecule has 0 saturated heterocycles. The number of carbonyl (C=O) groups excluding carboxylic acids is 1. The van der Waals surface area contributed by atoms with Gasteiger partial charge in [-0.1, -0.05) is 37.3 Å². The number of amides is 1. The number of nitrogens with one attached hydrogen (secondary N) is 1. The van der Waals surface area contributed by atoms with Crippen LogP contribution in [0, 0.1) is 0 Å². The first kappa shape index (κ1) is 17.6. The van der Waals surface area contributed by atoms with Crippen LogP contribution >= 0.6 is 0 Å². The maximum atomic E-state index is 12.7. The van der Waals surface area contributed by atoms with E-state index in [1.165, 1.54) is 11.1 Å². The topological polar surface area (TPSA) is 45.2 Å². The van der Waals surface area contributed by atoms with Gasteiger partial charge in [-0.2, -0.15) is 0 Å². The molecule has 0 spiro atoms. The Morgan fingerprint density at radius 2 is 2.12 bits per heavy atom. The summed E-state index contributed by atoms with van der Waals surface area (Å²) in [7, 11) is 2.11. The molecule has 1 unspecified atom stereocenters. The normalized spacial score (nSPS) is 16.5. The Kier molecular flexibility index (Phi) is 5.82. The van der Waals surface area contributed by atoms with Gasteiger partial charge in [0.05, 0.1) is 11.6 Å². The maximum Gasteiger partial charge on any atom is 0.229 e. The second kappa shape index (κ2) is 8.26. The number of fused-ring (bicyclic) bond motifs is 1. The predicted octanol–water partition coefficient (Wildman–Crippen LogP) is 3.27. The molecular weight excluding hydrogens is 310 g/mol. The third kappa shape index (κ3) is 4.45. The molecule has 1 atom stereocenters. The van der Waals surface area contributed by atoms with Crippen LogP contribution in [0.1, 0.15) is 48.1 Å². The van der Waals surface area contributed by atoms with Gasteiger partial charge in [-0.05, 0) is 55.6 Å². The van der Waals surface area contributed by atoms with Gasteiger partial charge in [-0.25, -0.2) is 0 Å². The fraction of sp³-hybridized carbons (Fsp3) is 0.429. The number of pyridine rings is 1. The number of nitrogens with zero attached hydrogens (tertiary/aromatic N) is 2. The lowest BCUT2D eigenvalue weighted by molar-refractivity contribution is -0.123. The Morgan fingerprint density at radius 3 is 2.96 bits per heavy atom. The number of benzene rings is 1. The fourth-order valence-electron chi connectivity index (χ4n) is 3.44. The van der Waals surface area contributed by atoms with Crippen molar-refractivity contribution in [2.45, 2.75) is 45.2 Å². The molecule has 4 heteroatoms. The molecule has 3 rings (SSSR count). The van der Waals surface area contributed by atoms with Crippen LogP contribution in [-0.4, -0.2) is 29.4 Å². The lowest BCUT2D eigenvalue weighted by Crippen LogP contribution is -2.31. The van der Waals surface area contributed by atoms with Gasteiger partial charge < -0.3 is 10.2 Å². The van der Waals surface area contributed by atoms with Crippen LogP contribution in [0.15, 0.2) is 42.6 Å². The summed E-state index contributed by atoms with van der Waals surface area (Å²) in [6.45, 7) is 4.68. The number of rotatable bonds is 6. The summed E-state index contributed by atoms with van der Waals surface area (Å²) in [5.74, 6) is -0.0184. The number of hydrogen-bond acceptors (Lipinski definition) is 3. The van der Waals surface area contributed by atoms with Gasteiger partial charge in [0.25, 0.3) is 0 Å². The average Bonchev–Trinajstić information content (AvgIpc) is 2.66. The zero-order valence-electron chi connectivity index (χ0n) is 15.2. The van der Waals surface area contributed by atoms with Crippen molar-refractivity contribution in [3.8, 4) is 0 Å². The third-order valence-corrected chi connectivity index (χ3v) is 4.96. The number of hydrogen-bond donors (Lipinski definition) is 1. The number of carbonyl (C=O) groups is 1. The summed E-state index contributed by atoms with van der Waals surface area (Å²) >= 11 is 0. The van der Waals surface area contributed by atoms with Gasteiger partial charge in [0, 0.05) is 19.3 Å². The highest BCUT2D eigenvalue weighted by atomic mass is 16.1. The summed E-state index contributed by atoms with van der Waals surface area (Å²) in [6, 6.07) is 12.5. The molecule has 0 saturated carbocycles. The number of aromatic nitrogens is 1. The summed E-state index contributed by atoms with van der Waals surface area (Å²) in [6.07, 6.45) is 4.75. The molecule has 1 aromatic heterocycles. The smallest absolute Gasteiger partial charge is 0.229 e. The highest BCUT2D eigenvalue weighted by Crippen LogP contribution is 2.29. The molecule has 1 heterocycles. The Hall–Kier alpha value is -2.20. The van der Waals surface area contributed by atoms with Crippen molar-refractivity contribution in [2.75, 3.05) is 13.6 Å². The lowest BCUT2D eigenvalue weighted by Gasteiger charge is -2.23. The monoisotopic (exact) mass is 337 g/mol. The molecule has 132 valence electrons. The molecule has 1 N–H and O–H groups in total. The molecule has 0 radical (unpaired) electrons. The van der Waals surface area contributed by atoms with Gasteiger partial charge in [-0.3, -0.25) is 9.78 Å². The van der Waals surface area contributed by atoms with Crippen molar-refractivity contribution < 1.29 is 4.79 Å². The van der Waals surface area contributed by atoms with Crippen LogP contribution in [0.3, 0.4) is 0 Å². The first-order valence-corrected chi connectivity index (χ1v) is 9.15. The molecule has 2 aromatic rings. The standard InChI is InChI=1S/C21H27N3O/c1-3-24(2)15-17-8-4-7-16(13-17)14-23-21(25)19-11-5-9-18-10-6-12-22-20(18)19/h4,6-8,10,12-13,19H,3,5,9,11,14-15H2,1-2H3,(H,23,25). The van der Waals surface area contributed by atoms with Crippen LogP contribution in [0.5, 0.6) is 0 Å². The van der Waals surface area contributed by atoms with Crippen LogP contribution in [0.4, 0.5) is 0 Å². The van der Waals surface area contributed by atoms with Crippen LogP contribution < -0.4 is 5.32 Å². The molecule has 0 bridgehead atoms. The van der Waals surface area contributed by atoms with Crippen molar-refractivity contribution in [1.82, 2.24) is 15.2 Å². The Morgan fingerprint density at radius 1 is 1.28 bits per heavy atom. The van der Waals surface area contributed by atoms with Gasteiger partial charge in [0.2, 0.25) is 5.91 Å². The van der Waals surface area contributed by atoms with Crippen molar-refractivity contribution in [2.24, 2.45) is 0 Å². The minimum absolute atomic E-state index is 0.0933. The van der Waals surface area contributed by atoms with Crippen molar-refractivity contribution >= 4 is 5.91 Å². The Labute approximate surface area is 150 Å². The van der Waals surface area contributed by atoms with Crippen LogP contribution in [-0.2, 0) is 24.3 Å². The van der Waals surface area contributed by atoms with E-state index in [1.54, 1.807) is 6.20 Å². The summed E-state index contributed by atoms with van der Waals surface area (Å²) in [4.78, 5) is 19.4. The Balaban J connectivity index is 1.62. The van der Waals surface area contributed by atoms with Crippen molar-refractivity contribution in [1.29, 1.82) is 0 Å². The van der Waals surface area contributed by atoms with E-state index in [-0.39, 0.29) is 11.8 Å². The van der Waals surface area contributed by atoms with E-state index in [1.807, 2.05) is 6.07 Å². The third-order valence-electron chi connectivity index (χ3n) is 4.96. The lowest BCUT2D eigenvalue weighted by atomic mass is 9.86. The predicted molar refractivity (Wildman–Crippen MR) is 100 cm³/mol. The molecule has 0 fully saturated rings. The Bertz CT molecular complexity index is 729. The van der Waals surface area contributed by atoms with Gasteiger partial charge >= 0.3 is 0 Å². The molecule has 25 heavy (non-hydrogen) atoms. The largest absolute Gasteiger partial charge is 0.351 e. The number of aryl methyl sites for hydroxylation is 1. The zero-order chi connectivity index (χ0) is 17.6. The fourth-order valence-corrected chi connectivity index (χ4v) is 3.44. The second-order valence-electron chi connectivity index (χ2n) is 6.86. The van der Waals surface area contributed by atoms with Gasteiger partial charge in [0.1, 0.15) is 0 Å². The average molecular weight is 337 g/mol. The van der Waals surface area contributed by atoms with E-state index in [0.717, 1.165) is 43.6 Å². The first-order valence-electron chi connectivity index (χ1n) is 9.15. The molecular formula is C21H27N3O. The molecule has 1 aliphatic carbocycles. The van der Waals surface area contributed by atoms with Crippen molar-refractivity contribution in [3.05, 3.63) is 65.0 Å². The van der Waals surface area contributed by atoms with E-state index in [0.29, 0.717) is 6.54 Å². The summed E-state index contributed by atoms with van der Waals surface area (Å²) in [5.41, 5.74) is 4.61. The van der Waals surface area contributed by atoms with E-state index in [9.17, 15) is 4.79 Å². The molecule has 1 aromatic carbocycles.